The molecule has 0 aliphatic heterocycles. The van der Waals surface area contributed by atoms with Gasteiger partial charge in [-0.3, -0.25) is 0 Å². The molecule has 0 unspecified atom stereocenters. The molecular weight excluding hydrogens is 207 g/mol. The molecule has 1 aromatic heterocycles. The molecule has 1 heterocycles. The molecule has 0 spiro atoms. The number of phenolic OH excluding ortho intramolecular Hbond substituents is 1. The molecule has 3 nitrogen and oxygen atoms in total. The first-order chi connectivity index (χ1) is 6.59. The van der Waals surface area contributed by atoms with Crippen LogP contribution in [0.25, 0.3) is 10.1 Å². The maximum atomic E-state index is 13.1. The lowest BCUT2D eigenvalue weighted by Crippen LogP contribution is -1.96. The molecular formula is C9H5FO3S. The van der Waals surface area contributed by atoms with Crippen LogP contribution in [0.3, 0.4) is 0 Å². The molecule has 0 radical (unpaired) electrons. The predicted molar refractivity (Wildman–Crippen MR) is 50.4 cm³/mol. The van der Waals surface area contributed by atoms with Crippen LogP contribution in [0.5, 0.6) is 5.75 Å². The number of benzene rings is 1. The second-order valence-corrected chi connectivity index (χ2v) is 3.74. The summed E-state index contributed by atoms with van der Waals surface area (Å²) in [6, 6.07) is 4.13. The molecule has 0 saturated heterocycles. The van der Waals surface area contributed by atoms with E-state index in [2.05, 4.69) is 0 Å². The average Bonchev–Trinajstić information content (AvgIpc) is 2.40. The Bertz CT molecular complexity index is 518. The number of hydrogen-bond donors (Lipinski definition) is 2. The standard InChI is InChI=1S/C9H5FO3S/c10-8-7(9(12)13)5-3-4(11)1-2-6(5)14-8/h1-3,11H,(H,12,13). The third-order valence-electron chi connectivity index (χ3n) is 1.84. The van der Waals surface area contributed by atoms with Gasteiger partial charge in [-0.25, -0.2) is 4.79 Å². The lowest BCUT2D eigenvalue weighted by Gasteiger charge is -1.93. The van der Waals surface area contributed by atoms with Crippen LogP contribution in [0.2, 0.25) is 0 Å². The Hall–Kier alpha value is -1.62. The first-order valence-corrected chi connectivity index (χ1v) is 4.55. The van der Waals surface area contributed by atoms with Crippen LogP contribution in [0, 0.1) is 5.13 Å². The lowest BCUT2D eigenvalue weighted by atomic mass is 10.2. The van der Waals surface area contributed by atoms with Gasteiger partial charge in [-0.05, 0) is 18.2 Å². The van der Waals surface area contributed by atoms with Crippen LogP contribution in [-0.2, 0) is 0 Å². The van der Waals surface area contributed by atoms with Crippen molar-refractivity contribution in [2.45, 2.75) is 0 Å². The molecule has 72 valence electrons. The highest BCUT2D eigenvalue weighted by Crippen LogP contribution is 2.32. The van der Waals surface area contributed by atoms with Crippen molar-refractivity contribution in [1.82, 2.24) is 0 Å². The van der Waals surface area contributed by atoms with Crippen molar-refractivity contribution in [2.24, 2.45) is 0 Å². The summed E-state index contributed by atoms with van der Waals surface area (Å²) in [6.45, 7) is 0. The maximum absolute atomic E-state index is 13.1. The highest BCUT2D eigenvalue weighted by molar-refractivity contribution is 7.17. The number of phenols is 1. The highest BCUT2D eigenvalue weighted by Gasteiger charge is 2.18. The van der Waals surface area contributed by atoms with Crippen molar-refractivity contribution in [3.8, 4) is 5.75 Å². The van der Waals surface area contributed by atoms with Gasteiger partial charge in [0.1, 0.15) is 11.3 Å². The summed E-state index contributed by atoms with van der Waals surface area (Å²) < 4.78 is 13.7. The molecule has 0 fully saturated rings. The van der Waals surface area contributed by atoms with Crippen LogP contribution < -0.4 is 0 Å². The van der Waals surface area contributed by atoms with Crippen LogP contribution in [0.1, 0.15) is 10.4 Å². The fraction of sp³-hybridized carbons (Fsp3) is 0. The summed E-state index contributed by atoms with van der Waals surface area (Å²) in [7, 11) is 0. The van der Waals surface area contributed by atoms with E-state index in [0.29, 0.717) is 4.70 Å². The summed E-state index contributed by atoms with van der Waals surface area (Å²) in [6.07, 6.45) is 0. The third kappa shape index (κ3) is 1.22. The molecule has 2 aromatic rings. The molecule has 1 aromatic carbocycles. The van der Waals surface area contributed by atoms with Crippen molar-refractivity contribution in [2.75, 3.05) is 0 Å². The SMILES string of the molecule is O=C(O)c1c(F)sc2ccc(O)cc12. The average molecular weight is 212 g/mol. The zero-order valence-electron chi connectivity index (χ0n) is 6.82. The third-order valence-corrected chi connectivity index (χ3v) is 2.80. The molecule has 0 atom stereocenters. The van der Waals surface area contributed by atoms with Crippen molar-refractivity contribution >= 4 is 27.4 Å². The van der Waals surface area contributed by atoms with Gasteiger partial charge in [0.15, 0.2) is 5.13 Å². The number of halogens is 1. The molecule has 0 saturated carbocycles. The Balaban J connectivity index is 2.86. The molecule has 0 bridgehead atoms. The largest absolute Gasteiger partial charge is 0.508 e. The Morgan fingerprint density at radius 1 is 1.43 bits per heavy atom. The fourth-order valence-corrected chi connectivity index (χ4v) is 2.15. The number of fused-ring (bicyclic) bond motifs is 1. The minimum absolute atomic E-state index is 0.0715. The van der Waals surface area contributed by atoms with E-state index in [1.165, 1.54) is 18.2 Å². The van der Waals surface area contributed by atoms with Crippen molar-refractivity contribution < 1.29 is 19.4 Å². The van der Waals surface area contributed by atoms with E-state index < -0.39 is 11.1 Å². The summed E-state index contributed by atoms with van der Waals surface area (Å²) in [4.78, 5) is 10.7. The Labute approximate surface area is 82.0 Å². The fourth-order valence-electron chi connectivity index (χ4n) is 1.26. The lowest BCUT2D eigenvalue weighted by molar-refractivity contribution is 0.0695. The number of rotatable bonds is 1. The number of carboxylic acids is 1. The van der Waals surface area contributed by atoms with Gasteiger partial charge in [0.05, 0.1) is 0 Å². The number of hydrogen-bond acceptors (Lipinski definition) is 3. The smallest absolute Gasteiger partial charge is 0.340 e. The van der Waals surface area contributed by atoms with Gasteiger partial charge in [0.2, 0.25) is 0 Å². The van der Waals surface area contributed by atoms with Gasteiger partial charge in [-0.15, -0.1) is 11.3 Å². The van der Waals surface area contributed by atoms with Crippen molar-refractivity contribution in [1.29, 1.82) is 0 Å². The van der Waals surface area contributed by atoms with E-state index in [4.69, 9.17) is 10.2 Å². The van der Waals surface area contributed by atoms with E-state index in [0.717, 1.165) is 11.3 Å². The van der Waals surface area contributed by atoms with Crippen molar-refractivity contribution in [3.05, 3.63) is 28.9 Å². The maximum Gasteiger partial charge on any atom is 0.340 e. The molecule has 0 amide bonds. The van der Waals surface area contributed by atoms with Gasteiger partial charge in [0, 0.05) is 10.1 Å². The topological polar surface area (TPSA) is 57.5 Å². The molecule has 2 N–H and O–H groups in total. The molecule has 2 rings (SSSR count). The zero-order valence-corrected chi connectivity index (χ0v) is 7.64. The predicted octanol–water partition coefficient (Wildman–Crippen LogP) is 2.44. The van der Waals surface area contributed by atoms with E-state index >= 15 is 0 Å². The minimum atomic E-state index is -1.32. The monoisotopic (exact) mass is 212 g/mol. The van der Waals surface area contributed by atoms with E-state index in [9.17, 15) is 9.18 Å². The first kappa shape index (κ1) is 8.96. The van der Waals surface area contributed by atoms with E-state index in [1.54, 1.807) is 0 Å². The Morgan fingerprint density at radius 3 is 2.79 bits per heavy atom. The second-order valence-electron chi connectivity index (χ2n) is 2.74. The molecule has 14 heavy (non-hydrogen) atoms. The summed E-state index contributed by atoms with van der Waals surface area (Å²) in [5.74, 6) is -1.39. The second kappa shape index (κ2) is 2.95. The highest BCUT2D eigenvalue weighted by atomic mass is 32.1. The number of thiophene rings is 1. The van der Waals surface area contributed by atoms with Crippen LogP contribution in [0.15, 0.2) is 18.2 Å². The van der Waals surface area contributed by atoms with Gasteiger partial charge >= 0.3 is 5.97 Å². The van der Waals surface area contributed by atoms with Gasteiger partial charge in [-0.1, -0.05) is 0 Å². The van der Waals surface area contributed by atoms with Crippen LogP contribution >= 0.6 is 11.3 Å². The number of carbonyl (C=O) groups is 1. The first-order valence-electron chi connectivity index (χ1n) is 3.74. The number of aromatic carboxylic acids is 1. The summed E-state index contributed by atoms with van der Waals surface area (Å²) in [5.41, 5.74) is -0.374. The molecule has 5 heteroatoms. The van der Waals surface area contributed by atoms with Gasteiger partial charge < -0.3 is 10.2 Å². The Kier molecular flexibility index (Phi) is 1.89. The van der Waals surface area contributed by atoms with E-state index in [-0.39, 0.29) is 16.7 Å². The molecule has 0 aliphatic carbocycles. The number of carboxylic acid groups (broad SMARTS) is 1. The van der Waals surface area contributed by atoms with E-state index in [1.807, 2.05) is 0 Å². The Morgan fingerprint density at radius 2 is 2.14 bits per heavy atom. The van der Waals surface area contributed by atoms with Crippen LogP contribution in [0.4, 0.5) is 4.39 Å². The van der Waals surface area contributed by atoms with Crippen LogP contribution in [-0.4, -0.2) is 16.2 Å². The normalized spacial score (nSPS) is 10.6. The quantitative estimate of drug-likeness (QED) is 0.763. The minimum Gasteiger partial charge on any atom is -0.508 e. The van der Waals surface area contributed by atoms with Crippen molar-refractivity contribution in [3.63, 3.8) is 0 Å². The zero-order chi connectivity index (χ0) is 10.3. The summed E-state index contributed by atoms with van der Waals surface area (Å²) >= 11 is 0.757. The number of aromatic hydroxyl groups is 1. The van der Waals surface area contributed by atoms with Gasteiger partial charge in [0.25, 0.3) is 0 Å². The van der Waals surface area contributed by atoms with Gasteiger partial charge in [-0.2, -0.15) is 4.39 Å². The summed E-state index contributed by atoms with van der Waals surface area (Å²) in [5, 5.41) is 17.4. The molecule has 0 aliphatic rings.